The average Bonchev–Trinajstić information content (AvgIpc) is 2.47. The van der Waals surface area contributed by atoms with Gasteiger partial charge in [-0.05, 0) is 24.6 Å². The van der Waals surface area contributed by atoms with Crippen molar-refractivity contribution in [2.24, 2.45) is 0 Å². The van der Waals surface area contributed by atoms with Crippen molar-refractivity contribution in [2.45, 2.75) is 12.5 Å². The van der Waals surface area contributed by atoms with Crippen LogP contribution in [-0.4, -0.2) is 18.8 Å². The van der Waals surface area contributed by atoms with Crippen LogP contribution in [0.3, 0.4) is 0 Å². The highest BCUT2D eigenvalue weighted by atomic mass is 35.5. The summed E-state index contributed by atoms with van der Waals surface area (Å²) in [5, 5.41) is 14.3. The number of anilines is 1. The first-order valence-electron chi connectivity index (χ1n) is 6.38. The van der Waals surface area contributed by atoms with Gasteiger partial charge in [-0.1, -0.05) is 41.9 Å². The van der Waals surface area contributed by atoms with Crippen LogP contribution in [0.15, 0.2) is 48.5 Å². The molecule has 0 saturated heterocycles. The zero-order valence-electron chi connectivity index (χ0n) is 11.6. The standard InChI is InChI=1S/C16H18ClNO2/c1-16(19,12-6-4-3-5-7-12)11-18-13-8-9-14(17)15(10-13)20-2/h3-10,18-19H,11H2,1-2H3. The van der Waals surface area contributed by atoms with E-state index in [1.54, 1.807) is 20.1 Å². The van der Waals surface area contributed by atoms with Crippen LogP contribution in [-0.2, 0) is 5.60 Å². The molecule has 0 aliphatic rings. The average molecular weight is 292 g/mol. The first kappa shape index (κ1) is 14.7. The Kier molecular flexibility index (Phi) is 4.53. The molecule has 1 unspecified atom stereocenters. The molecule has 0 aromatic heterocycles. The predicted molar refractivity (Wildman–Crippen MR) is 82.5 cm³/mol. The largest absolute Gasteiger partial charge is 0.495 e. The van der Waals surface area contributed by atoms with E-state index < -0.39 is 5.60 Å². The van der Waals surface area contributed by atoms with Gasteiger partial charge >= 0.3 is 0 Å². The lowest BCUT2D eigenvalue weighted by molar-refractivity contribution is 0.0715. The second-order valence-corrected chi connectivity index (χ2v) is 5.25. The van der Waals surface area contributed by atoms with E-state index >= 15 is 0 Å². The molecule has 4 heteroatoms. The molecule has 0 fully saturated rings. The number of benzene rings is 2. The third-order valence-electron chi connectivity index (χ3n) is 3.18. The maximum Gasteiger partial charge on any atom is 0.139 e. The molecule has 2 rings (SSSR count). The Morgan fingerprint density at radius 3 is 2.55 bits per heavy atom. The molecule has 0 heterocycles. The summed E-state index contributed by atoms with van der Waals surface area (Å²) in [4.78, 5) is 0. The molecule has 1 atom stereocenters. The van der Waals surface area contributed by atoms with E-state index in [4.69, 9.17) is 16.3 Å². The number of halogens is 1. The van der Waals surface area contributed by atoms with Crippen molar-refractivity contribution in [1.82, 2.24) is 0 Å². The van der Waals surface area contributed by atoms with Gasteiger partial charge in [0.25, 0.3) is 0 Å². The van der Waals surface area contributed by atoms with Gasteiger partial charge in [-0.3, -0.25) is 0 Å². The smallest absolute Gasteiger partial charge is 0.139 e. The van der Waals surface area contributed by atoms with Gasteiger partial charge in [0.1, 0.15) is 11.4 Å². The number of ether oxygens (including phenoxy) is 1. The monoisotopic (exact) mass is 291 g/mol. The zero-order chi connectivity index (χ0) is 14.6. The summed E-state index contributed by atoms with van der Waals surface area (Å²) >= 11 is 5.98. The van der Waals surface area contributed by atoms with Crippen molar-refractivity contribution in [2.75, 3.05) is 19.0 Å². The van der Waals surface area contributed by atoms with Crippen LogP contribution in [0.1, 0.15) is 12.5 Å². The highest BCUT2D eigenvalue weighted by Crippen LogP contribution is 2.28. The van der Waals surface area contributed by atoms with Crippen LogP contribution in [0.25, 0.3) is 0 Å². The molecule has 0 spiro atoms. The van der Waals surface area contributed by atoms with Crippen molar-refractivity contribution < 1.29 is 9.84 Å². The Labute approximate surface area is 124 Å². The Morgan fingerprint density at radius 2 is 1.90 bits per heavy atom. The molecule has 20 heavy (non-hydrogen) atoms. The molecule has 0 bridgehead atoms. The van der Waals surface area contributed by atoms with E-state index in [0.29, 0.717) is 17.3 Å². The first-order chi connectivity index (χ1) is 9.53. The lowest BCUT2D eigenvalue weighted by atomic mass is 9.96. The fraction of sp³-hybridized carbons (Fsp3) is 0.250. The number of methoxy groups -OCH3 is 1. The SMILES string of the molecule is COc1cc(NCC(C)(O)c2ccccc2)ccc1Cl. The van der Waals surface area contributed by atoms with E-state index in [2.05, 4.69) is 5.32 Å². The van der Waals surface area contributed by atoms with Gasteiger partial charge < -0.3 is 15.2 Å². The van der Waals surface area contributed by atoms with Crippen molar-refractivity contribution >= 4 is 17.3 Å². The molecule has 3 nitrogen and oxygen atoms in total. The summed E-state index contributed by atoms with van der Waals surface area (Å²) in [5.41, 5.74) is 0.768. The van der Waals surface area contributed by atoms with Crippen molar-refractivity contribution in [3.8, 4) is 5.75 Å². The van der Waals surface area contributed by atoms with E-state index in [0.717, 1.165) is 11.3 Å². The van der Waals surface area contributed by atoms with Gasteiger partial charge in [0, 0.05) is 18.3 Å². The summed E-state index contributed by atoms with van der Waals surface area (Å²) in [7, 11) is 1.57. The molecular weight excluding hydrogens is 274 g/mol. The molecule has 0 aliphatic heterocycles. The third kappa shape index (κ3) is 3.44. The fourth-order valence-corrected chi connectivity index (χ4v) is 2.14. The van der Waals surface area contributed by atoms with Gasteiger partial charge in [-0.25, -0.2) is 0 Å². The molecule has 2 N–H and O–H groups in total. The van der Waals surface area contributed by atoms with Gasteiger partial charge in [-0.15, -0.1) is 0 Å². The normalized spacial score (nSPS) is 13.6. The molecule has 0 aliphatic carbocycles. The van der Waals surface area contributed by atoms with Gasteiger partial charge in [0.05, 0.1) is 12.1 Å². The maximum absolute atomic E-state index is 10.5. The van der Waals surface area contributed by atoms with Crippen LogP contribution in [0.5, 0.6) is 5.75 Å². The lowest BCUT2D eigenvalue weighted by Crippen LogP contribution is -2.30. The molecule has 2 aromatic carbocycles. The molecule has 0 amide bonds. The summed E-state index contributed by atoms with van der Waals surface area (Å²) < 4.78 is 5.17. The predicted octanol–water partition coefficient (Wildman–Crippen LogP) is 3.67. The minimum absolute atomic E-state index is 0.391. The summed E-state index contributed by atoms with van der Waals surface area (Å²) in [6.07, 6.45) is 0. The topological polar surface area (TPSA) is 41.5 Å². The van der Waals surface area contributed by atoms with E-state index in [1.807, 2.05) is 42.5 Å². The van der Waals surface area contributed by atoms with E-state index in [1.165, 1.54) is 0 Å². The Hall–Kier alpha value is -1.71. The maximum atomic E-state index is 10.5. The Balaban J connectivity index is 2.08. The summed E-state index contributed by atoms with van der Waals surface area (Å²) in [6.45, 7) is 2.17. The molecule has 0 radical (unpaired) electrons. The quantitative estimate of drug-likeness (QED) is 0.883. The van der Waals surface area contributed by atoms with Crippen LogP contribution in [0.4, 0.5) is 5.69 Å². The summed E-state index contributed by atoms with van der Waals surface area (Å²) in [5.74, 6) is 0.607. The lowest BCUT2D eigenvalue weighted by Gasteiger charge is -2.25. The summed E-state index contributed by atoms with van der Waals surface area (Å²) in [6, 6.07) is 15.0. The number of hydrogen-bond acceptors (Lipinski definition) is 3. The Morgan fingerprint density at radius 1 is 1.20 bits per heavy atom. The van der Waals surface area contributed by atoms with E-state index in [-0.39, 0.29) is 0 Å². The highest BCUT2D eigenvalue weighted by Gasteiger charge is 2.22. The van der Waals surface area contributed by atoms with Gasteiger partial charge in [-0.2, -0.15) is 0 Å². The molecular formula is C16H18ClNO2. The first-order valence-corrected chi connectivity index (χ1v) is 6.76. The van der Waals surface area contributed by atoms with Crippen LogP contribution in [0.2, 0.25) is 5.02 Å². The Bertz CT molecular complexity index is 570. The van der Waals surface area contributed by atoms with Crippen LogP contribution in [0, 0.1) is 0 Å². The second-order valence-electron chi connectivity index (χ2n) is 4.84. The minimum Gasteiger partial charge on any atom is -0.495 e. The minimum atomic E-state index is -0.950. The van der Waals surface area contributed by atoms with Crippen LogP contribution >= 0.6 is 11.6 Å². The van der Waals surface area contributed by atoms with Crippen molar-refractivity contribution in [1.29, 1.82) is 0 Å². The number of aliphatic hydroxyl groups is 1. The van der Waals surface area contributed by atoms with E-state index in [9.17, 15) is 5.11 Å². The second kappa shape index (κ2) is 6.16. The fourth-order valence-electron chi connectivity index (χ4n) is 1.94. The third-order valence-corrected chi connectivity index (χ3v) is 3.50. The zero-order valence-corrected chi connectivity index (χ0v) is 12.3. The highest BCUT2D eigenvalue weighted by molar-refractivity contribution is 6.32. The number of rotatable bonds is 5. The molecule has 0 saturated carbocycles. The van der Waals surface area contributed by atoms with Crippen LogP contribution < -0.4 is 10.1 Å². The van der Waals surface area contributed by atoms with Gasteiger partial charge in [0.2, 0.25) is 0 Å². The van der Waals surface area contributed by atoms with Crippen molar-refractivity contribution in [3.63, 3.8) is 0 Å². The molecule has 2 aromatic rings. The number of nitrogens with one attached hydrogen (secondary N) is 1. The number of hydrogen-bond donors (Lipinski definition) is 2. The molecule has 106 valence electrons. The van der Waals surface area contributed by atoms with Gasteiger partial charge in [0.15, 0.2) is 0 Å². The van der Waals surface area contributed by atoms with Crippen molar-refractivity contribution in [3.05, 3.63) is 59.1 Å².